The summed E-state index contributed by atoms with van der Waals surface area (Å²) in [6.45, 7) is 4.99. The molecule has 1 N–H and O–H groups in total. The highest BCUT2D eigenvalue weighted by Crippen LogP contribution is 2.36. The summed E-state index contributed by atoms with van der Waals surface area (Å²) in [4.78, 5) is 28.5. The van der Waals surface area contributed by atoms with Crippen LogP contribution in [0.1, 0.15) is 42.0 Å². The van der Waals surface area contributed by atoms with Gasteiger partial charge in [0.25, 0.3) is 0 Å². The third-order valence-electron chi connectivity index (χ3n) is 6.45. The Morgan fingerprint density at radius 2 is 1.69 bits per heavy atom. The first kappa shape index (κ1) is 29.1. The highest BCUT2D eigenvalue weighted by atomic mass is 16.6. The molecule has 0 aliphatic rings. The second-order valence-electron chi connectivity index (χ2n) is 8.76. The maximum absolute atomic E-state index is 13.3. The van der Waals surface area contributed by atoms with Crippen molar-refractivity contribution in [1.82, 2.24) is 4.90 Å². The Balaban J connectivity index is 2.22. The molecule has 0 heterocycles. The molecular formula is C28H39NO7. The van der Waals surface area contributed by atoms with Crippen molar-refractivity contribution in [3.05, 3.63) is 58.7 Å². The molecule has 0 aliphatic heterocycles. The Hall–Kier alpha value is -3.10. The summed E-state index contributed by atoms with van der Waals surface area (Å²) < 4.78 is 21.2. The number of likely N-dealkylation sites (N-methyl/N-ethyl adjacent to an activating group) is 1. The molecule has 0 bridgehead atoms. The fraction of sp³-hybridized carbons (Fsp3) is 0.500. The van der Waals surface area contributed by atoms with Crippen LogP contribution in [-0.2, 0) is 37.5 Å². The van der Waals surface area contributed by atoms with Gasteiger partial charge < -0.3 is 29.0 Å². The minimum absolute atomic E-state index is 0.126. The number of carbonyl (C=O) groups excluding carboxylic acids is 2. The molecule has 0 spiro atoms. The highest BCUT2D eigenvalue weighted by molar-refractivity contribution is 6.06. The van der Waals surface area contributed by atoms with E-state index in [1.54, 1.807) is 32.2 Å². The number of aliphatic hydroxyl groups excluding tert-OH is 1. The van der Waals surface area contributed by atoms with Crippen molar-refractivity contribution in [2.45, 2.75) is 45.1 Å². The Bertz CT molecular complexity index is 1020. The van der Waals surface area contributed by atoms with Gasteiger partial charge >= 0.3 is 11.9 Å². The molecular weight excluding hydrogens is 462 g/mol. The second-order valence-corrected chi connectivity index (χ2v) is 8.76. The zero-order chi connectivity index (χ0) is 26.7. The van der Waals surface area contributed by atoms with Gasteiger partial charge in [-0.15, -0.1) is 0 Å². The van der Waals surface area contributed by atoms with Crippen LogP contribution in [0.15, 0.2) is 36.4 Å². The molecule has 2 aromatic rings. The van der Waals surface area contributed by atoms with Crippen LogP contribution >= 0.6 is 0 Å². The van der Waals surface area contributed by atoms with Crippen molar-refractivity contribution in [2.24, 2.45) is 0 Å². The molecule has 0 aromatic heterocycles. The number of aryl methyl sites for hydroxylation is 1. The number of rotatable bonds is 14. The normalized spacial score (nSPS) is 12.7. The van der Waals surface area contributed by atoms with Crippen molar-refractivity contribution in [1.29, 1.82) is 0 Å². The molecule has 1 unspecified atom stereocenters. The van der Waals surface area contributed by atoms with Crippen molar-refractivity contribution in [2.75, 3.05) is 48.1 Å². The number of esters is 2. The van der Waals surface area contributed by atoms with E-state index in [1.165, 1.54) is 19.8 Å². The maximum Gasteiger partial charge on any atom is 0.328 e. The van der Waals surface area contributed by atoms with E-state index >= 15 is 0 Å². The smallest absolute Gasteiger partial charge is 0.328 e. The van der Waals surface area contributed by atoms with E-state index in [-0.39, 0.29) is 19.6 Å². The van der Waals surface area contributed by atoms with Crippen LogP contribution in [-0.4, -0.2) is 70.0 Å². The SMILES string of the molecule is CCOC(=O)C(CCCN(C)CCc1ccc(C)c(OC)c1)(C(=O)OC)c1ccc(OC)c(CO)c1. The van der Waals surface area contributed by atoms with Gasteiger partial charge in [0, 0.05) is 12.1 Å². The standard InChI is InChI=1S/C28H39NO7/c1-7-36-27(32)28(26(31)35-6,23-11-12-24(33-4)22(18-23)19-30)14-8-15-29(3)16-13-21-10-9-20(2)25(17-21)34-5/h9-12,17-18,30H,7-8,13-16,19H2,1-6H3. The van der Waals surface area contributed by atoms with Crippen LogP contribution < -0.4 is 9.47 Å². The molecule has 0 saturated heterocycles. The molecule has 36 heavy (non-hydrogen) atoms. The molecule has 8 nitrogen and oxygen atoms in total. The summed E-state index contributed by atoms with van der Waals surface area (Å²) in [5.41, 5.74) is 1.50. The maximum atomic E-state index is 13.3. The molecule has 0 radical (unpaired) electrons. The largest absolute Gasteiger partial charge is 0.496 e. The second kappa shape index (κ2) is 13.8. The van der Waals surface area contributed by atoms with E-state index in [2.05, 4.69) is 17.0 Å². The number of hydrogen-bond acceptors (Lipinski definition) is 8. The molecule has 0 fully saturated rings. The molecule has 0 saturated carbocycles. The number of carbonyl (C=O) groups is 2. The Labute approximate surface area is 214 Å². The van der Waals surface area contributed by atoms with Gasteiger partial charge in [-0.05, 0) is 81.6 Å². The Morgan fingerprint density at radius 1 is 0.972 bits per heavy atom. The summed E-state index contributed by atoms with van der Waals surface area (Å²) in [7, 11) is 6.43. The minimum Gasteiger partial charge on any atom is -0.496 e. The van der Waals surface area contributed by atoms with E-state index in [0.29, 0.717) is 29.8 Å². The van der Waals surface area contributed by atoms with E-state index in [1.807, 2.05) is 20.0 Å². The lowest BCUT2D eigenvalue weighted by atomic mass is 9.75. The van der Waals surface area contributed by atoms with Crippen LogP contribution in [0.3, 0.4) is 0 Å². The van der Waals surface area contributed by atoms with Gasteiger partial charge in [-0.3, -0.25) is 9.59 Å². The molecule has 1 atom stereocenters. The van der Waals surface area contributed by atoms with E-state index in [0.717, 1.165) is 24.3 Å². The van der Waals surface area contributed by atoms with E-state index in [9.17, 15) is 14.7 Å². The highest BCUT2D eigenvalue weighted by Gasteiger charge is 2.50. The topological polar surface area (TPSA) is 94.5 Å². The lowest BCUT2D eigenvalue weighted by Gasteiger charge is -2.30. The zero-order valence-electron chi connectivity index (χ0n) is 22.3. The quantitative estimate of drug-likeness (QED) is 0.311. The first-order valence-corrected chi connectivity index (χ1v) is 12.1. The monoisotopic (exact) mass is 501 g/mol. The first-order chi connectivity index (χ1) is 17.3. The number of nitrogens with zero attached hydrogens (tertiary/aromatic N) is 1. The number of aliphatic hydroxyl groups is 1. The van der Waals surface area contributed by atoms with E-state index in [4.69, 9.17) is 18.9 Å². The average molecular weight is 502 g/mol. The molecule has 0 aliphatic carbocycles. The molecule has 2 aromatic carbocycles. The Kier molecular flexibility index (Phi) is 11.2. The summed E-state index contributed by atoms with van der Waals surface area (Å²) in [5, 5.41) is 9.80. The van der Waals surface area contributed by atoms with Gasteiger partial charge in [-0.25, -0.2) is 0 Å². The summed E-state index contributed by atoms with van der Waals surface area (Å²) in [5.74, 6) is -0.0183. The molecule has 8 heteroatoms. The van der Waals surface area contributed by atoms with Crippen molar-refractivity contribution in [3.63, 3.8) is 0 Å². The third kappa shape index (κ3) is 6.77. The number of benzene rings is 2. The summed E-state index contributed by atoms with van der Waals surface area (Å²) in [6.07, 6.45) is 1.58. The summed E-state index contributed by atoms with van der Waals surface area (Å²) >= 11 is 0. The first-order valence-electron chi connectivity index (χ1n) is 12.1. The minimum atomic E-state index is -1.65. The van der Waals surface area contributed by atoms with Crippen LogP contribution in [0.5, 0.6) is 11.5 Å². The van der Waals surface area contributed by atoms with Crippen molar-refractivity contribution in [3.8, 4) is 11.5 Å². The molecule has 0 amide bonds. The van der Waals surface area contributed by atoms with Gasteiger partial charge in [0.05, 0.1) is 34.5 Å². The van der Waals surface area contributed by atoms with Crippen LogP contribution in [0.2, 0.25) is 0 Å². The van der Waals surface area contributed by atoms with Crippen LogP contribution in [0.4, 0.5) is 0 Å². The van der Waals surface area contributed by atoms with Gasteiger partial charge in [-0.1, -0.05) is 18.2 Å². The predicted molar refractivity (Wildman–Crippen MR) is 137 cm³/mol. The predicted octanol–water partition coefficient (Wildman–Crippen LogP) is 3.43. The summed E-state index contributed by atoms with van der Waals surface area (Å²) in [6, 6.07) is 11.1. The average Bonchev–Trinajstić information content (AvgIpc) is 2.89. The lowest BCUT2D eigenvalue weighted by molar-refractivity contribution is -0.164. The van der Waals surface area contributed by atoms with Crippen LogP contribution in [0, 0.1) is 6.92 Å². The fourth-order valence-corrected chi connectivity index (χ4v) is 4.33. The van der Waals surface area contributed by atoms with E-state index < -0.39 is 17.4 Å². The zero-order valence-corrected chi connectivity index (χ0v) is 22.3. The molecule has 2 rings (SSSR count). The number of methoxy groups -OCH3 is 3. The van der Waals surface area contributed by atoms with Gasteiger partial charge in [0.2, 0.25) is 0 Å². The Morgan fingerprint density at radius 3 is 2.31 bits per heavy atom. The van der Waals surface area contributed by atoms with Gasteiger partial charge in [0.15, 0.2) is 5.41 Å². The number of hydrogen-bond donors (Lipinski definition) is 1. The molecule has 198 valence electrons. The van der Waals surface area contributed by atoms with Gasteiger partial charge in [0.1, 0.15) is 11.5 Å². The van der Waals surface area contributed by atoms with Crippen molar-refractivity contribution < 1.29 is 33.6 Å². The third-order valence-corrected chi connectivity index (χ3v) is 6.45. The fourth-order valence-electron chi connectivity index (χ4n) is 4.33. The van der Waals surface area contributed by atoms with Crippen molar-refractivity contribution >= 4 is 11.9 Å². The number of ether oxygens (including phenoxy) is 4. The lowest BCUT2D eigenvalue weighted by Crippen LogP contribution is -2.46. The van der Waals surface area contributed by atoms with Gasteiger partial charge in [-0.2, -0.15) is 0 Å². The van der Waals surface area contributed by atoms with Crippen LogP contribution in [0.25, 0.3) is 0 Å².